The molecule has 2 aromatic carbocycles. The number of nitrogens with zero attached hydrogens (tertiary/aromatic N) is 1. The van der Waals surface area contributed by atoms with Crippen LogP contribution in [0.25, 0.3) is 10.9 Å². The standard InChI is InChI=1S/C21H15NO5/c1-3-27-21(25)16-14-10-11(26-2)8-9-15(14)22-18-17(16)19(23)12-6-4-5-7-13(12)20(18)24/h4-10H,3H2,1-2H3. The summed E-state index contributed by atoms with van der Waals surface area (Å²) in [6.45, 7) is 1.82. The number of hydrogen-bond donors (Lipinski definition) is 0. The molecule has 27 heavy (non-hydrogen) atoms. The molecule has 0 bridgehead atoms. The van der Waals surface area contributed by atoms with E-state index in [9.17, 15) is 14.4 Å². The first-order valence-corrected chi connectivity index (χ1v) is 8.44. The Hall–Kier alpha value is -3.54. The summed E-state index contributed by atoms with van der Waals surface area (Å²) in [7, 11) is 1.50. The quantitative estimate of drug-likeness (QED) is 0.521. The van der Waals surface area contributed by atoms with Gasteiger partial charge in [-0.05, 0) is 25.1 Å². The van der Waals surface area contributed by atoms with Crippen molar-refractivity contribution in [3.8, 4) is 5.75 Å². The second kappa shape index (κ2) is 6.32. The van der Waals surface area contributed by atoms with Crippen LogP contribution in [0.2, 0.25) is 0 Å². The van der Waals surface area contributed by atoms with Gasteiger partial charge in [0.2, 0.25) is 5.78 Å². The Bertz CT molecular complexity index is 1130. The minimum absolute atomic E-state index is 0.0158. The number of hydrogen-bond acceptors (Lipinski definition) is 6. The minimum atomic E-state index is -0.671. The van der Waals surface area contributed by atoms with Gasteiger partial charge in [-0.3, -0.25) is 9.59 Å². The average molecular weight is 361 g/mol. The highest BCUT2D eigenvalue weighted by atomic mass is 16.5. The number of rotatable bonds is 3. The molecule has 0 unspecified atom stereocenters. The summed E-state index contributed by atoms with van der Waals surface area (Å²) in [4.78, 5) is 43.2. The molecule has 0 radical (unpaired) electrons. The maximum Gasteiger partial charge on any atom is 0.339 e. The fourth-order valence-electron chi connectivity index (χ4n) is 3.31. The third-order valence-corrected chi connectivity index (χ3v) is 4.53. The van der Waals surface area contributed by atoms with Gasteiger partial charge in [0.05, 0.1) is 30.4 Å². The summed E-state index contributed by atoms with van der Waals surface area (Å²) in [6, 6.07) is 11.5. The van der Waals surface area contributed by atoms with Crippen molar-refractivity contribution in [3.63, 3.8) is 0 Å². The zero-order valence-electron chi connectivity index (χ0n) is 14.7. The summed E-state index contributed by atoms with van der Waals surface area (Å²) >= 11 is 0. The Morgan fingerprint density at radius 3 is 2.41 bits per heavy atom. The van der Waals surface area contributed by atoms with Crippen LogP contribution in [0.1, 0.15) is 49.3 Å². The molecule has 1 aliphatic rings. The van der Waals surface area contributed by atoms with E-state index >= 15 is 0 Å². The van der Waals surface area contributed by atoms with Crippen molar-refractivity contribution < 1.29 is 23.9 Å². The van der Waals surface area contributed by atoms with Crippen LogP contribution in [0, 0.1) is 0 Å². The lowest BCUT2D eigenvalue weighted by Crippen LogP contribution is -2.26. The van der Waals surface area contributed by atoms with E-state index in [4.69, 9.17) is 9.47 Å². The van der Waals surface area contributed by atoms with Crippen molar-refractivity contribution in [2.75, 3.05) is 13.7 Å². The van der Waals surface area contributed by atoms with Crippen molar-refractivity contribution in [1.82, 2.24) is 4.98 Å². The summed E-state index contributed by atoms with van der Waals surface area (Å²) in [5, 5.41) is 0.409. The van der Waals surface area contributed by atoms with Crippen LogP contribution in [-0.4, -0.2) is 36.2 Å². The molecule has 4 rings (SSSR count). The van der Waals surface area contributed by atoms with E-state index in [1.807, 2.05) is 0 Å². The number of carbonyl (C=O) groups excluding carboxylic acids is 3. The highest BCUT2D eigenvalue weighted by molar-refractivity contribution is 6.31. The van der Waals surface area contributed by atoms with Gasteiger partial charge in [-0.2, -0.15) is 0 Å². The molecule has 6 heteroatoms. The Morgan fingerprint density at radius 1 is 1.04 bits per heavy atom. The van der Waals surface area contributed by atoms with Gasteiger partial charge in [-0.1, -0.05) is 24.3 Å². The van der Waals surface area contributed by atoms with Crippen molar-refractivity contribution in [2.24, 2.45) is 0 Å². The van der Waals surface area contributed by atoms with Crippen molar-refractivity contribution in [1.29, 1.82) is 0 Å². The van der Waals surface area contributed by atoms with E-state index in [1.165, 1.54) is 7.11 Å². The predicted molar refractivity (Wildman–Crippen MR) is 97.6 cm³/mol. The third kappa shape index (κ3) is 2.49. The fraction of sp³-hybridized carbons (Fsp3) is 0.143. The number of benzene rings is 2. The average Bonchev–Trinajstić information content (AvgIpc) is 2.70. The molecular formula is C21H15NO5. The Morgan fingerprint density at radius 2 is 1.74 bits per heavy atom. The van der Waals surface area contributed by atoms with Gasteiger partial charge in [-0.25, -0.2) is 9.78 Å². The largest absolute Gasteiger partial charge is 0.497 e. The molecule has 0 N–H and O–H groups in total. The van der Waals surface area contributed by atoms with Gasteiger partial charge in [0.1, 0.15) is 11.4 Å². The monoisotopic (exact) mass is 361 g/mol. The van der Waals surface area contributed by atoms with E-state index in [-0.39, 0.29) is 40.3 Å². The molecule has 134 valence electrons. The summed E-state index contributed by atoms with van der Waals surface area (Å²) < 4.78 is 10.4. The summed E-state index contributed by atoms with van der Waals surface area (Å²) in [5.41, 5.74) is 0.953. The van der Waals surface area contributed by atoms with Crippen LogP contribution in [0.3, 0.4) is 0 Å². The second-order valence-corrected chi connectivity index (χ2v) is 6.02. The van der Waals surface area contributed by atoms with E-state index in [1.54, 1.807) is 49.4 Å². The van der Waals surface area contributed by atoms with Crippen molar-refractivity contribution >= 4 is 28.4 Å². The van der Waals surface area contributed by atoms with Gasteiger partial charge >= 0.3 is 5.97 Å². The molecular weight excluding hydrogens is 346 g/mol. The molecule has 0 spiro atoms. The first-order valence-electron chi connectivity index (χ1n) is 8.44. The molecule has 0 saturated heterocycles. The lowest BCUT2D eigenvalue weighted by atomic mass is 9.83. The lowest BCUT2D eigenvalue weighted by molar-refractivity contribution is 0.0525. The maximum absolute atomic E-state index is 13.1. The van der Waals surface area contributed by atoms with Gasteiger partial charge < -0.3 is 9.47 Å². The fourth-order valence-corrected chi connectivity index (χ4v) is 3.31. The van der Waals surface area contributed by atoms with Crippen LogP contribution in [0.5, 0.6) is 5.75 Å². The summed E-state index contributed by atoms with van der Waals surface area (Å²) in [6.07, 6.45) is 0. The van der Waals surface area contributed by atoms with E-state index < -0.39 is 11.8 Å². The number of esters is 1. The molecule has 1 aromatic heterocycles. The Balaban J connectivity index is 2.11. The van der Waals surface area contributed by atoms with Gasteiger partial charge in [-0.15, -0.1) is 0 Å². The molecule has 0 atom stereocenters. The van der Waals surface area contributed by atoms with Crippen LogP contribution >= 0.6 is 0 Å². The normalized spacial score (nSPS) is 12.5. The highest BCUT2D eigenvalue weighted by Gasteiger charge is 2.36. The number of ketones is 2. The third-order valence-electron chi connectivity index (χ3n) is 4.53. The second-order valence-electron chi connectivity index (χ2n) is 6.02. The van der Waals surface area contributed by atoms with Crippen LogP contribution in [0.4, 0.5) is 0 Å². The Labute approximate surface area is 154 Å². The van der Waals surface area contributed by atoms with E-state index in [0.717, 1.165) is 0 Å². The molecule has 0 fully saturated rings. The van der Waals surface area contributed by atoms with Gasteiger partial charge in [0.25, 0.3) is 0 Å². The number of aromatic nitrogens is 1. The molecule has 3 aromatic rings. The zero-order chi connectivity index (χ0) is 19.1. The Kier molecular flexibility index (Phi) is 3.96. The molecule has 0 saturated carbocycles. The molecule has 0 aliphatic heterocycles. The van der Waals surface area contributed by atoms with Gasteiger partial charge in [0, 0.05) is 16.5 Å². The molecule has 1 heterocycles. The van der Waals surface area contributed by atoms with Crippen molar-refractivity contribution in [2.45, 2.75) is 6.92 Å². The topological polar surface area (TPSA) is 82.6 Å². The van der Waals surface area contributed by atoms with Crippen LogP contribution in [-0.2, 0) is 4.74 Å². The van der Waals surface area contributed by atoms with Crippen LogP contribution < -0.4 is 4.74 Å². The smallest absolute Gasteiger partial charge is 0.339 e. The highest BCUT2D eigenvalue weighted by Crippen LogP contribution is 2.34. The number of pyridine rings is 1. The maximum atomic E-state index is 13.1. The SMILES string of the molecule is CCOC(=O)c1c2c(nc3ccc(OC)cc13)C(=O)c1ccccc1C2=O. The number of methoxy groups -OCH3 is 1. The first-order chi connectivity index (χ1) is 13.1. The van der Waals surface area contributed by atoms with E-state index in [0.29, 0.717) is 16.7 Å². The molecule has 6 nitrogen and oxygen atoms in total. The first kappa shape index (κ1) is 16.9. The lowest BCUT2D eigenvalue weighted by Gasteiger charge is -2.20. The zero-order valence-corrected chi connectivity index (χ0v) is 14.7. The summed E-state index contributed by atoms with van der Waals surface area (Å²) in [5.74, 6) is -0.969. The number of carbonyl (C=O) groups is 3. The number of fused-ring (bicyclic) bond motifs is 3. The van der Waals surface area contributed by atoms with Gasteiger partial charge in [0.15, 0.2) is 5.78 Å². The van der Waals surface area contributed by atoms with Crippen LogP contribution in [0.15, 0.2) is 42.5 Å². The number of ether oxygens (including phenoxy) is 2. The molecule has 1 aliphatic carbocycles. The van der Waals surface area contributed by atoms with E-state index in [2.05, 4.69) is 4.98 Å². The van der Waals surface area contributed by atoms with Crippen molar-refractivity contribution in [3.05, 3.63) is 70.4 Å². The minimum Gasteiger partial charge on any atom is -0.497 e. The predicted octanol–water partition coefficient (Wildman–Crippen LogP) is 3.20. The molecule has 0 amide bonds.